The summed E-state index contributed by atoms with van der Waals surface area (Å²) in [5.74, 6) is -0.392. The molecule has 0 bridgehead atoms. The van der Waals surface area contributed by atoms with E-state index in [9.17, 15) is 14.4 Å². The van der Waals surface area contributed by atoms with Crippen molar-refractivity contribution in [2.45, 2.75) is 12.8 Å². The smallest absolute Gasteiger partial charge is 0.311 e. The number of carbonyl (C=O) groups is 3. The number of imide groups is 1. The number of pyridine rings is 1. The van der Waals surface area contributed by atoms with Gasteiger partial charge in [-0.1, -0.05) is 30.4 Å². The molecule has 0 aliphatic carbocycles. The number of benzene rings is 2. The molecule has 0 spiro atoms. The monoisotopic (exact) mass is 442 g/mol. The van der Waals surface area contributed by atoms with Gasteiger partial charge >= 0.3 is 5.97 Å². The maximum absolute atomic E-state index is 12.4. The molecule has 0 unspecified atom stereocenters. The lowest BCUT2D eigenvalue weighted by atomic mass is 10.1. The lowest BCUT2D eigenvalue weighted by Crippen LogP contribution is -2.31. The first-order valence-electron chi connectivity index (χ1n) is 10.5. The first kappa shape index (κ1) is 22.0. The second kappa shape index (κ2) is 9.91. The van der Waals surface area contributed by atoms with E-state index in [-0.39, 0.29) is 24.8 Å². The molecule has 1 aliphatic heterocycles. The van der Waals surface area contributed by atoms with Gasteiger partial charge in [0.1, 0.15) is 0 Å². The Morgan fingerprint density at radius 2 is 1.58 bits per heavy atom. The summed E-state index contributed by atoms with van der Waals surface area (Å²) in [6.07, 6.45) is 7.67. The van der Waals surface area contributed by atoms with Crippen molar-refractivity contribution >= 4 is 29.9 Å². The van der Waals surface area contributed by atoms with E-state index in [1.807, 2.05) is 30.4 Å². The SMILES string of the molecule is COc1cc(/C=C/c2ccncc2)ccc1OC(=O)CCCN1C(=O)c2ccccc2C1=O. The zero-order valence-electron chi connectivity index (χ0n) is 18.1. The Morgan fingerprint density at radius 3 is 2.24 bits per heavy atom. The lowest BCUT2D eigenvalue weighted by molar-refractivity contribution is -0.134. The Morgan fingerprint density at radius 1 is 0.909 bits per heavy atom. The Kier molecular flexibility index (Phi) is 6.59. The van der Waals surface area contributed by atoms with Crippen LogP contribution < -0.4 is 9.47 Å². The molecule has 4 rings (SSSR count). The van der Waals surface area contributed by atoms with Crippen LogP contribution in [0.2, 0.25) is 0 Å². The molecule has 0 N–H and O–H groups in total. The average molecular weight is 442 g/mol. The van der Waals surface area contributed by atoms with E-state index in [1.54, 1.807) is 48.8 Å². The van der Waals surface area contributed by atoms with Gasteiger partial charge in [-0.2, -0.15) is 0 Å². The van der Waals surface area contributed by atoms with Gasteiger partial charge in [-0.05, 0) is 53.9 Å². The number of amides is 2. The lowest BCUT2D eigenvalue weighted by Gasteiger charge is -2.14. The van der Waals surface area contributed by atoms with E-state index in [0.717, 1.165) is 11.1 Å². The Balaban J connectivity index is 1.32. The first-order chi connectivity index (χ1) is 16.1. The van der Waals surface area contributed by atoms with Crippen LogP contribution in [0.5, 0.6) is 11.5 Å². The van der Waals surface area contributed by atoms with Gasteiger partial charge in [0, 0.05) is 25.4 Å². The van der Waals surface area contributed by atoms with Crippen LogP contribution in [0.3, 0.4) is 0 Å². The van der Waals surface area contributed by atoms with E-state index in [4.69, 9.17) is 9.47 Å². The van der Waals surface area contributed by atoms with E-state index in [2.05, 4.69) is 4.98 Å². The van der Waals surface area contributed by atoms with Crippen molar-refractivity contribution in [1.29, 1.82) is 0 Å². The summed E-state index contributed by atoms with van der Waals surface area (Å²) in [6.45, 7) is 0.150. The summed E-state index contributed by atoms with van der Waals surface area (Å²) < 4.78 is 10.8. The first-order valence-corrected chi connectivity index (χ1v) is 10.5. The van der Waals surface area contributed by atoms with Crippen LogP contribution >= 0.6 is 0 Å². The second-order valence-corrected chi connectivity index (χ2v) is 7.41. The molecule has 0 saturated carbocycles. The number of hydrogen-bond acceptors (Lipinski definition) is 6. The number of fused-ring (bicyclic) bond motifs is 1. The number of carbonyl (C=O) groups excluding carboxylic acids is 3. The van der Waals surface area contributed by atoms with E-state index in [1.165, 1.54) is 12.0 Å². The highest BCUT2D eigenvalue weighted by Gasteiger charge is 2.34. The highest BCUT2D eigenvalue weighted by Crippen LogP contribution is 2.29. The zero-order valence-corrected chi connectivity index (χ0v) is 18.1. The van der Waals surface area contributed by atoms with Gasteiger partial charge in [0.25, 0.3) is 11.8 Å². The molecule has 7 heteroatoms. The van der Waals surface area contributed by atoms with Crippen molar-refractivity contribution in [3.05, 3.63) is 89.2 Å². The van der Waals surface area contributed by atoms with Crippen molar-refractivity contribution in [2.24, 2.45) is 0 Å². The summed E-state index contributed by atoms with van der Waals surface area (Å²) in [7, 11) is 1.51. The van der Waals surface area contributed by atoms with Crippen molar-refractivity contribution in [2.75, 3.05) is 13.7 Å². The molecule has 33 heavy (non-hydrogen) atoms. The number of nitrogens with zero attached hydrogens (tertiary/aromatic N) is 2. The van der Waals surface area contributed by atoms with Gasteiger partial charge in [-0.15, -0.1) is 0 Å². The quantitative estimate of drug-likeness (QED) is 0.295. The second-order valence-electron chi connectivity index (χ2n) is 7.41. The number of hydrogen-bond donors (Lipinski definition) is 0. The van der Waals surface area contributed by atoms with E-state index < -0.39 is 5.97 Å². The van der Waals surface area contributed by atoms with E-state index >= 15 is 0 Å². The molecule has 2 heterocycles. The fraction of sp³-hybridized carbons (Fsp3) is 0.154. The molecule has 0 atom stereocenters. The zero-order chi connectivity index (χ0) is 23.2. The standard InChI is InChI=1S/C26H22N2O5/c1-32-23-17-19(9-8-18-12-14-27-15-13-18)10-11-22(23)33-24(29)7-4-16-28-25(30)20-5-2-3-6-21(20)26(28)31/h2-3,5-6,8-15,17H,4,7,16H2,1H3/b9-8+. The number of methoxy groups -OCH3 is 1. The highest BCUT2D eigenvalue weighted by atomic mass is 16.6. The summed E-state index contributed by atoms with van der Waals surface area (Å²) in [5.41, 5.74) is 2.69. The van der Waals surface area contributed by atoms with Crippen molar-refractivity contribution in [1.82, 2.24) is 9.88 Å². The van der Waals surface area contributed by atoms with Crippen LogP contribution in [-0.2, 0) is 4.79 Å². The molecule has 3 aromatic rings. The summed E-state index contributed by atoms with van der Waals surface area (Å²) in [4.78, 5) is 42.3. The van der Waals surface area contributed by atoms with Gasteiger partial charge in [0.2, 0.25) is 0 Å². The van der Waals surface area contributed by atoms with Crippen molar-refractivity contribution in [3.8, 4) is 11.5 Å². The predicted octanol–water partition coefficient (Wildman–Crippen LogP) is 4.24. The molecule has 2 amide bonds. The molecule has 0 saturated heterocycles. The largest absolute Gasteiger partial charge is 0.493 e. The maximum atomic E-state index is 12.4. The van der Waals surface area contributed by atoms with Crippen molar-refractivity contribution < 1.29 is 23.9 Å². The fourth-order valence-electron chi connectivity index (χ4n) is 3.54. The van der Waals surface area contributed by atoms with Gasteiger partial charge in [0.05, 0.1) is 18.2 Å². The molecular weight excluding hydrogens is 420 g/mol. The maximum Gasteiger partial charge on any atom is 0.311 e. The van der Waals surface area contributed by atoms with Gasteiger partial charge < -0.3 is 9.47 Å². The third-order valence-corrected chi connectivity index (χ3v) is 5.23. The van der Waals surface area contributed by atoms with Crippen LogP contribution in [-0.4, -0.2) is 41.3 Å². The third-order valence-electron chi connectivity index (χ3n) is 5.23. The summed E-state index contributed by atoms with van der Waals surface area (Å²) >= 11 is 0. The van der Waals surface area contributed by atoms with Crippen molar-refractivity contribution in [3.63, 3.8) is 0 Å². The van der Waals surface area contributed by atoms with Crippen LogP contribution in [0.15, 0.2) is 67.0 Å². The molecule has 0 fully saturated rings. The van der Waals surface area contributed by atoms with Crippen LogP contribution in [0.1, 0.15) is 44.7 Å². The average Bonchev–Trinajstić information content (AvgIpc) is 3.09. The Hall–Kier alpha value is -4.26. The number of aromatic nitrogens is 1. The fourth-order valence-corrected chi connectivity index (χ4v) is 3.54. The highest BCUT2D eigenvalue weighted by molar-refractivity contribution is 6.21. The minimum absolute atomic E-state index is 0.0558. The minimum Gasteiger partial charge on any atom is -0.493 e. The normalized spacial score (nSPS) is 12.8. The molecular formula is C26H22N2O5. The molecule has 2 aromatic carbocycles. The molecule has 0 radical (unpaired) electrons. The van der Waals surface area contributed by atoms with Crippen LogP contribution in [0.25, 0.3) is 12.2 Å². The van der Waals surface area contributed by atoms with Crippen LogP contribution in [0, 0.1) is 0 Å². The molecule has 7 nitrogen and oxygen atoms in total. The van der Waals surface area contributed by atoms with Gasteiger partial charge in [-0.3, -0.25) is 24.3 Å². The Bertz CT molecular complexity index is 1190. The van der Waals surface area contributed by atoms with Gasteiger partial charge in [-0.25, -0.2) is 0 Å². The van der Waals surface area contributed by atoms with E-state index in [0.29, 0.717) is 29.0 Å². The number of rotatable bonds is 8. The Labute approximate surface area is 191 Å². The van der Waals surface area contributed by atoms with Gasteiger partial charge in [0.15, 0.2) is 11.5 Å². The predicted molar refractivity (Wildman–Crippen MR) is 123 cm³/mol. The number of ether oxygens (including phenoxy) is 2. The molecule has 1 aliphatic rings. The topological polar surface area (TPSA) is 85.8 Å². The summed E-state index contributed by atoms with van der Waals surface area (Å²) in [5, 5.41) is 0. The summed E-state index contributed by atoms with van der Waals surface area (Å²) in [6, 6.07) is 15.8. The third kappa shape index (κ3) is 4.98. The number of esters is 1. The minimum atomic E-state index is -0.468. The molecule has 1 aromatic heterocycles. The van der Waals surface area contributed by atoms with Crippen LogP contribution in [0.4, 0.5) is 0 Å². The molecule has 166 valence electrons.